The van der Waals surface area contributed by atoms with Gasteiger partial charge < -0.3 is 15.6 Å². The van der Waals surface area contributed by atoms with Gasteiger partial charge in [0, 0.05) is 35.3 Å². The summed E-state index contributed by atoms with van der Waals surface area (Å²) in [5.74, 6) is -0.394. The zero-order chi connectivity index (χ0) is 16.9. The lowest BCUT2D eigenvalue weighted by Gasteiger charge is -2.17. The molecule has 0 bridgehead atoms. The van der Waals surface area contributed by atoms with Gasteiger partial charge in [-0.25, -0.2) is 0 Å². The van der Waals surface area contributed by atoms with Crippen LogP contribution < -0.4 is 10.6 Å². The molecule has 0 aliphatic rings. The molecule has 0 saturated carbocycles. The Kier molecular flexibility index (Phi) is 4.96. The molecule has 2 aromatic heterocycles. The first-order valence-electron chi connectivity index (χ1n) is 7.75. The van der Waals surface area contributed by atoms with E-state index >= 15 is 0 Å². The fraction of sp³-hybridized carbons (Fsp3) is 0.222. The zero-order valence-corrected chi connectivity index (χ0v) is 14.2. The number of hydrogen-bond donors (Lipinski definition) is 3. The Bertz CT molecular complexity index is 839. The van der Waals surface area contributed by atoms with Crippen molar-refractivity contribution in [3.8, 4) is 0 Å². The molecule has 2 heterocycles. The summed E-state index contributed by atoms with van der Waals surface area (Å²) in [6.07, 6.45) is 2.34. The number of carbonyl (C=O) groups is 2. The Labute approximate surface area is 144 Å². The summed E-state index contributed by atoms with van der Waals surface area (Å²) < 4.78 is 0. The van der Waals surface area contributed by atoms with Gasteiger partial charge in [0.05, 0.1) is 6.54 Å². The van der Waals surface area contributed by atoms with Crippen molar-refractivity contribution >= 4 is 34.1 Å². The van der Waals surface area contributed by atoms with Gasteiger partial charge in [0.2, 0.25) is 11.8 Å². The molecule has 3 N–H and O–H groups in total. The standard InChI is InChI=1S/C18H19N3O2S/c1-12(22)21-17(18(23)20-11-14-5-4-8-24-14)9-13-10-19-16-7-3-2-6-15(13)16/h2-8,10,17,19H,9,11H2,1H3,(H,20,23)(H,21,22)/t17-/m1/s1. The van der Waals surface area contributed by atoms with E-state index in [2.05, 4.69) is 15.6 Å². The second-order valence-corrected chi connectivity index (χ2v) is 6.65. The van der Waals surface area contributed by atoms with Crippen LogP contribution in [0.4, 0.5) is 0 Å². The van der Waals surface area contributed by atoms with Gasteiger partial charge in [0.15, 0.2) is 0 Å². The van der Waals surface area contributed by atoms with E-state index in [0.29, 0.717) is 13.0 Å². The largest absolute Gasteiger partial charge is 0.361 e. The van der Waals surface area contributed by atoms with Crippen molar-refractivity contribution < 1.29 is 9.59 Å². The molecule has 2 amide bonds. The minimum absolute atomic E-state index is 0.177. The number of fused-ring (bicyclic) bond motifs is 1. The number of aromatic amines is 1. The van der Waals surface area contributed by atoms with E-state index in [4.69, 9.17) is 0 Å². The van der Waals surface area contributed by atoms with E-state index in [9.17, 15) is 9.59 Å². The van der Waals surface area contributed by atoms with Crippen LogP contribution in [0.5, 0.6) is 0 Å². The average Bonchev–Trinajstić information content (AvgIpc) is 3.22. The highest BCUT2D eigenvalue weighted by Gasteiger charge is 2.21. The minimum Gasteiger partial charge on any atom is -0.361 e. The van der Waals surface area contributed by atoms with Gasteiger partial charge in [-0.3, -0.25) is 9.59 Å². The summed E-state index contributed by atoms with van der Waals surface area (Å²) >= 11 is 1.59. The molecule has 6 heteroatoms. The van der Waals surface area contributed by atoms with Crippen LogP contribution in [0.15, 0.2) is 48.0 Å². The maximum atomic E-state index is 12.5. The number of para-hydroxylation sites is 1. The topological polar surface area (TPSA) is 74.0 Å². The van der Waals surface area contributed by atoms with Crippen LogP contribution in [-0.2, 0) is 22.6 Å². The van der Waals surface area contributed by atoms with Crippen molar-refractivity contribution in [2.45, 2.75) is 25.9 Å². The highest BCUT2D eigenvalue weighted by molar-refractivity contribution is 7.09. The van der Waals surface area contributed by atoms with E-state index in [1.54, 1.807) is 11.3 Å². The number of thiophene rings is 1. The normalized spacial score (nSPS) is 12.0. The predicted molar refractivity (Wildman–Crippen MR) is 95.8 cm³/mol. The Morgan fingerprint density at radius 3 is 2.79 bits per heavy atom. The number of H-pyrrole nitrogens is 1. The average molecular weight is 341 g/mol. The molecule has 24 heavy (non-hydrogen) atoms. The van der Waals surface area contributed by atoms with E-state index in [1.165, 1.54) is 6.92 Å². The summed E-state index contributed by atoms with van der Waals surface area (Å²) in [7, 11) is 0. The predicted octanol–water partition coefficient (Wildman–Crippen LogP) is 2.59. The summed E-state index contributed by atoms with van der Waals surface area (Å²) in [5, 5.41) is 8.69. The van der Waals surface area contributed by atoms with Crippen LogP contribution in [0.3, 0.4) is 0 Å². The summed E-state index contributed by atoms with van der Waals surface area (Å²) in [6.45, 7) is 1.90. The molecule has 0 spiro atoms. The molecule has 0 aliphatic heterocycles. The Balaban J connectivity index is 1.73. The van der Waals surface area contributed by atoms with Crippen molar-refractivity contribution in [1.29, 1.82) is 0 Å². The number of aromatic nitrogens is 1. The monoisotopic (exact) mass is 341 g/mol. The van der Waals surface area contributed by atoms with Crippen LogP contribution >= 0.6 is 11.3 Å². The van der Waals surface area contributed by atoms with Crippen LogP contribution in [0.1, 0.15) is 17.4 Å². The van der Waals surface area contributed by atoms with Crippen LogP contribution in [0.2, 0.25) is 0 Å². The van der Waals surface area contributed by atoms with Crippen LogP contribution in [0, 0.1) is 0 Å². The summed E-state index contributed by atoms with van der Waals surface area (Å²) in [6, 6.07) is 11.2. The highest BCUT2D eigenvalue weighted by atomic mass is 32.1. The number of carbonyl (C=O) groups excluding carboxylic acids is 2. The molecular weight excluding hydrogens is 322 g/mol. The number of nitrogens with one attached hydrogen (secondary N) is 3. The number of rotatable bonds is 6. The van der Waals surface area contributed by atoms with Crippen LogP contribution in [0.25, 0.3) is 10.9 Å². The molecule has 5 nitrogen and oxygen atoms in total. The third-order valence-corrected chi connectivity index (χ3v) is 4.69. The molecule has 1 atom stereocenters. The van der Waals surface area contributed by atoms with E-state index in [0.717, 1.165) is 21.3 Å². The van der Waals surface area contributed by atoms with Crippen molar-refractivity contribution in [2.75, 3.05) is 0 Å². The maximum Gasteiger partial charge on any atom is 0.243 e. The molecule has 1 aromatic carbocycles. The quantitative estimate of drug-likeness (QED) is 0.645. The fourth-order valence-corrected chi connectivity index (χ4v) is 3.33. The minimum atomic E-state index is -0.596. The lowest BCUT2D eigenvalue weighted by molar-refractivity contribution is -0.128. The van der Waals surface area contributed by atoms with Crippen LogP contribution in [-0.4, -0.2) is 22.8 Å². The smallest absolute Gasteiger partial charge is 0.243 e. The third-order valence-electron chi connectivity index (χ3n) is 3.81. The molecule has 0 radical (unpaired) electrons. The van der Waals surface area contributed by atoms with Crippen molar-refractivity contribution in [3.05, 3.63) is 58.4 Å². The first-order chi connectivity index (χ1) is 11.6. The SMILES string of the molecule is CC(=O)N[C@H](Cc1c[nH]c2ccccc12)C(=O)NCc1cccs1. The first kappa shape index (κ1) is 16.3. The Morgan fingerprint density at radius 2 is 2.04 bits per heavy atom. The van der Waals surface area contributed by atoms with Gasteiger partial charge in [-0.05, 0) is 23.1 Å². The number of amides is 2. The summed E-state index contributed by atoms with van der Waals surface area (Å²) in [4.78, 5) is 28.3. The fourth-order valence-electron chi connectivity index (χ4n) is 2.69. The van der Waals surface area contributed by atoms with Crippen molar-refractivity contribution in [1.82, 2.24) is 15.6 Å². The van der Waals surface area contributed by atoms with Crippen molar-refractivity contribution in [2.24, 2.45) is 0 Å². The first-order valence-corrected chi connectivity index (χ1v) is 8.63. The van der Waals surface area contributed by atoms with Crippen molar-refractivity contribution in [3.63, 3.8) is 0 Å². The molecular formula is C18H19N3O2S. The number of benzene rings is 1. The lowest BCUT2D eigenvalue weighted by Crippen LogP contribution is -2.47. The molecule has 0 saturated heterocycles. The maximum absolute atomic E-state index is 12.5. The molecule has 0 fully saturated rings. The Hall–Kier alpha value is -2.60. The van der Waals surface area contributed by atoms with Gasteiger partial charge in [-0.1, -0.05) is 24.3 Å². The summed E-state index contributed by atoms with van der Waals surface area (Å²) in [5.41, 5.74) is 2.03. The zero-order valence-electron chi connectivity index (χ0n) is 13.3. The van der Waals surface area contributed by atoms with Gasteiger partial charge in [0.25, 0.3) is 0 Å². The highest BCUT2D eigenvalue weighted by Crippen LogP contribution is 2.19. The van der Waals surface area contributed by atoms with Gasteiger partial charge in [-0.15, -0.1) is 11.3 Å². The molecule has 3 aromatic rings. The third kappa shape index (κ3) is 3.83. The Morgan fingerprint density at radius 1 is 1.21 bits per heavy atom. The van der Waals surface area contributed by atoms with Gasteiger partial charge in [0.1, 0.15) is 6.04 Å². The molecule has 0 aliphatic carbocycles. The second kappa shape index (κ2) is 7.31. The van der Waals surface area contributed by atoms with E-state index < -0.39 is 6.04 Å². The molecule has 124 valence electrons. The molecule has 0 unspecified atom stereocenters. The second-order valence-electron chi connectivity index (χ2n) is 5.61. The lowest BCUT2D eigenvalue weighted by atomic mass is 10.0. The molecule has 3 rings (SSSR count). The van der Waals surface area contributed by atoms with E-state index in [1.807, 2.05) is 48.0 Å². The van der Waals surface area contributed by atoms with Gasteiger partial charge in [-0.2, -0.15) is 0 Å². The van der Waals surface area contributed by atoms with E-state index in [-0.39, 0.29) is 11.8 Å². The number of hydrogen-bond acceptors (Lipinski definition) is 3. The van der Waals surface area contributed by atoms with Gasteiger partial charge >= 0.3 is 0 Å².